The Balaban J connectivity index is 1.59. The predicted octanol–water partition coefficient (Wildman–Crippen LogP) is 1.32. The van der Waals surface area contributed by atoms with E-state index in [1.54, 1.807) is 29.2 Å². The van der Waals surface area contributed by atoms with E-state index in [4.69, 9.17) is 0 Å². The molecule has 8 heteroatoms. The fraction of sp³-hybridized carbons (Fsp3) is 0.500. The van der Waals surface area contributed by atoms with Crippen LogP contribution in [-0.2, 0) is 16.1 Å². The van der Waals surface area contributed by atoms with Crippen LogP contribution in [0.4, 0.5) is 0 Å². The highest BCUT2D eigenvalue weighted by molar-refractivity contribution is 5.85. The molecule has 0 bridgehead atoms. The Hall–Kier alpha value is -2.90. The van der Waals surface area contributed by atoms with E-state index >= 15 is 0 Å². The molecule has 28 heavy (non-hydrogen) atoms. The summed E-state index contributed by atoms with van der Waals surface area (Å²) in [7, 11) is 0. The molecule has 0 spiro atoms. The first-order valence-corrected chi connectivity index (χ1v) is 9.73. The van der Waals surface area contributed by atoms with Crippen molar-refractivity contribution in [3.8, 4) is 0 Å². The molecular weight excluding hydrogens is 362 g/mol. The van der Waals surface area contributed by atoms with Gasteiger partial charge in [-0.25, -0.2) is 9.59 Å². The summed E-state index contributed by atoms with van der Waals surface area (Å²) in [6.07, 6.45) is 4.40. The van der Waals surface area contributed by atoms with Gasteiger partial charge in [-0.2, -0.15) is 0 Å². The Morgan fingerprint density at radius 1 is 1.14 bits per heavy atom. The molecule has 2 fully saturated rings. The summed E-state index contributed by atoms with van der Waals surface area (Å²) in [5.74, 6) is -0.964. The zero-order chi connectivity index (χ0) is 19.8. The Kier molecular flexibility index (Phi) is 4.78. The van der Waals surface area contributed by atoms with Crippen LogP contribution in [-0.4, -0.2) is 43.5 Å². The molecule has 0 radical (unpaired) electrons. The second-order valence-electron chi connectivity index (χ2n) is 7.68. The molecule has 1 aliphatic heterocycles. The molecule has 2 heterocycles. The standard InChI is InChI=1S/C20H23N3O5/c24-17(23-14-7-3-1-5-12(14)11-16(23)19(26)27)9-10-22-15-8-4-2-6-13(15)18(25)21-20(22)28/h2,4,6,8,12,14,16H,1,3,5,7,9-11H2,(H,26,27)(H,21,25,28)/t12-,14-,16-/m0/s1. The summed E-state index contributed by atoms with van der Waals surface area (Å²) < 4.78 is 1.37. The number of fused-ring (bicyclic) bond motifs is 2. The van der Waals surface area contributed by atoms with Crippen molar-refractivity contribution in [1.82, 2.24) is 14.5 Å². The lowest BCUT2D eigenvalue weighted by molar-refractivity contribution is -0.150. The van der Waals surface area contributed by atoms with E-state index in [-0.39, 0.29) is 30.8 Å². The molecule has 1 aliphatic carbocycles. The second kappa shape index (κ2) is 7.26. The van der Waals surface area contributed by atoms with Crippen LogP contribution in [0, 0.1) is 5.92 Å². The summed E-state index contributed by atoms with van der Waals surface area (Å²) in [6.45, 7) is 0.0924. The molecule has 1 saturated heterocycles. The first-order chi connectivity index (χ1) is 13.5. The smallest absolute Gasteiger partial charge is 0.328 e. The number of aliphatic carboxylic acids is 1. The number of aromatic amines is 1. The van der Waals surface area contributed by atoms with Crippen LogP contribution >= 0.6 is 0 Å². The van der Waals surface area contributed by atoms with Crippen molar-refractivity contribution >= 4 is 22.8 Å². The summed E-state index contributed by atoms with van der Waals surface area (Å²) in [6, 6.07) is 5.93. The van der Waals surface area contributed by atoms with E-state index in [9.17, 15) is 24.3 Å². The number of likely N-dealkylation sites (tertiary alicyclic amines) is 1. The highest BCUT2D eigenvalue weighted by Gasteiger charge is 2.47. The molecule has 4 rings (SSSR count). The lowest BCUT2D eigenvalue weighted by atomic mass is 9.84. The van der Waals surface area contributed by atoms with Crippen LogP contribution in [0.1, 0.15) is 38.5 Å². The summed E-state index contributed by atoms with van der Waals surface area (Å²) in [4.78, 5) is 52.8. The number of rotatable bonds is 4. The molecule has 2 aromatic rings. The fourth-order valence-electron chi connectivity index (χ4n) is 4.84. The number of benzene rings is 1. The number of carboxylic acid groups (broad SMARTS) is 1. The number of aryl methyl sites for hydroxylation is 1. The number of nitrogens with one attached hydrogen (secondary N) is 1. The van der Waals surface area contributed by atoms with Gasteiger partial charge in [-0.05, 0) is 37.3 Å². The number of H-pyrrole nitrogens is 1. The van der Waals surface area contributed by atoms with Gasteiger partial charge in [-0.1, -0.05) is 25.0 Å². The van der Waals surface area contributed by atoms with Crippen molar-refractivity contribution in [3.05, 3.63) is 45.1 Å². The Morgan fingerprint density at radius 3 is 2.68 bits per heavy atom. The number of hydrogen-bond acceptors (Lipinski definition) is 4. The number of carbonyl (C=O) groups excluding carboxylic acids is 1. The number of carboxylic acids is 1. The minimum absolute atomic E-state index is 0.0168. The molecule has 2 N–H and O–H groups in total. The SMILES string of the molecule is O=C(O)[C@@H]1C[C@@H]2CCCC[C@@H]2N1C(=O)CCn1c(=O)[nH]c(=O)c2ccccc21. The van der Waals surface area contributed by atoms with Crippen LogP contribution in [0.25, 0.3) is 10.9 Å². The molecule has 0 unspecified atom stereocenters. The second-order valence-corrected chi connectivity index (χ2v) is 7.68. The van der Waals surface area contributed by atoms with Crippen molar-refractivity contribution in [1.29, 1.82) is 0 Å². The average molecular weight is 385 g/mol. The molecule has 148 valence electrons. The zero-order valence-corrected chi connectivity index (χ0v) is 15.5. The molecule has 8 nitrogen and oxygen atoms in total. The van der Waals surface area contributed by atoms with Crippen LogP contribution in [0.2, 0.25) is 0 Å². The van der Waals surface area contributed by atoms with Gasteiger partial charge >= 0.3 is 11.7 Å². The van der Waals surface area contributed by atoms with Crippen LogP contribution < -0.4 is 11.2 Å². The van der Waals surface area contributed by atoms with Crippen LogP contribution in [0.15, 0.2) is 33.9 Å². The number of aromatic nitrogens is 2. The maximum absolute atomic E-state index is 13.0. The van der Waals surface area contributed by atoms with E-state index in [0.29, 0.717) is 17.3 Å². The monoisotopic (exact) mass is 385 g/mol. The van der Waals surface area contributed by atoms with Gasteiger partial charge in [0, 0.05) is 19.0 Å². The van der Waals surface area contributed by atoms with Gasteiger partial charge in [0.1, 0.15) is 6.04 Å². The lowest BCUT2D eigenvalue weighted by Crippen LogP contribution is -2.46. The number of nitrogens with zero attached hydrogens (tertiary/aromatic N) is 2. The van der Waals surface area contributed by atoms with Crippen molar-refractivity contribution in [2.24, 2.45) is 5.92 Å². The maximum Gasteiger partial charge on any atom is 0.328 e. The third kappa shape index (κ3) is 3.12. The van der Waals surface area contributed by atoms with Gasteiger partial charge < -0.3 is 10.0 Å². The Labute approximate surface area is 160 Å². The quantitative estimate of drug-likeness (QED) is 0.824. The van der Waals surface area contributed by atoms with E-state index in [1.807, 2.05) is 0 Å². The normalized spacial score (nSPS) is 24.3. The topological polar surface area (TPSA) is 112 Å². The van der Waals surface area contributed by atoms with Crippen LogP contribution in [0.5, 0.6) is 0 Å². The molecular formula is C20H23N3O5. The van der Waals surface area contributed by atoms with E-state index < -0.39 is 23.3 Å². The largest absolute Gasteiger partial charge is 0.480 e. The molecule has 1 aromatic carbocycles. The molecule has 3 atom stereocenters. The van der Waals surface area contributed by atoms with Crippen molar-refractivity contribution in [2.45, 2.75) is 57.2 Å². The minimum atomic E-state index is -0.964. The summed E-state index contributed by atoms with van der Waals surface area (Å²) >= 11 is 0. The first kappa shape index (κ1) is 18.5. The van der Waals surface area contributed by atoms with E-state index in [0.717, 1.165) is 25.7 Å². The molecule has 1 amide bonds. The van der Waals surface area contributed by atoms with Crippen molar-refractivity contribution in [3.63, 3.8) is 0 Å². The number of amides is 1. The molecule has 1 saturated carbocycles. The first-order valence-electron chi connectivity index (χ1n) is 9.73. The Morgan fingerprint density at radius 2 is 1.89 bits per heavy atom. The summed E-state index contributed by atoms with van der Waals surface area (Å²) in [5.41, 5.74) is -0.558. The lowest BCUT2D eigenvalue weighted by Gasteiger charge is -2.33. The Bertz CT molecular complexity index is 1040. The van der Waals surface area contributed by atoms with Crippen molar-refractivity contribution < 1.29 is 14.7 Å². The van der Waals surface area contributed by atoms with Gasteiger partial charge in [0.15, 0.2) is 0 Å². The minimum Gasteiger partial charge on any atom is -0.480 e. The van der Waals surface area contributed by atoms with Gasteiger partial charge in [-0.15, -0.1) is 0 Å². The van der Waals surface area contributed by atoms with Gasteiger partial charge in [-0.3, -0.25) is 19.1 Å². The van der Waals surface area contributed by atoms with Crippen LogP contribution in [0.3, 0.4) is 0 Å². The van der Waals surface area contributed by atoms with Crippen molar-refractivity contribution in [2.75, 3.05) is 0 Å². The van der Waals surface area contributed by atoms with Gasteiger partial charge in [0.2, 0.25) is 5.91 Å². The summed E-state index contributed by atoms with van der Waals surface area (Å²) in [5, 5.41) is 9.97. The third-order valence-electron chi connectivity index (χ3n) is 6.12. The molecule has 1 aromatic heterocycles. The number of para-hydroxylation sites is 1. The highest BCUT2D eigenvalue weighted by atomic mass is 16.4. The fourth-order valence-corrected chi connectivity index (χ4v) is 4.84. The van der Waals surface area contributed by atoms with Gasteiger partial charge in [0.25, 0.3) is 5.56 Å². The average Bonchev–Trinajstić information content (AvgIpc) is 3.07. The highest BCUT2D eigenvalue weighted by Crippen LogP contribution is 2.40. The van der Waals surface area contributed by atoms with Gasteiger partial charge in [0.05, 0.1) is 10.9 Å². The van der Waals surface area contributed by atoms with E-state index in [1.165, 1.54) is 4.57 Å². The maximum atomic E-state index is 13.0. The predicted molar refractivity (Wildman–Crippen MR) is 102 cm³/mol. The number of carbonyl (C=O) groups is 2. The van der Waals surface area contributed by atoms with E-state index in [2.05, 4.69) is 4.98 Å². The number of hydrogen-bond donors (Lipinski definition) is 2. The third-order valence-corrected chi connectivity index (χ3v) is 6.12. The zero-order valence-electron chi connectivity index (χ0n) is 15.5. The molecule has 2 aliphatic rings.